The Bertz CT molecular complexity index is 564. The first-order valence-corrected chi connectivity index (χ1v) is 7.44. The maximum Gasteiger partial charge on any atom is 0.258 e. The molecule has 2 N–H and O–H groups in total. The third-order valence-corrected chi connectivity index (χ3v) is 3.64. The zero-order chi connectivity index (χ0) is 14.5. The molecule has 0 radical (unpaired) electrons. The van der Waals surface area contributed by atoms with E-state index >= 15 is 0 Å². The summed E-state index contributed by atoms with van der Waals surface area (Å²) >= 11 is 0. The number of aromatic nitrogens is 6. The number of hydrogen-bond donors (Lipinski definition) is 2. The van der Waals surface area contributed by atoms with Crippen molar-refractivity contribution < 1.29 is 0 Å². The van der Waals surface area contributed by atoms with Crippen LogP contribution < -0.4 is 10.6 Å². The molecule has 1 saturated carbocycles. The maximum absolute atomic E-state index is 4.39. The van der Waals surface area contributed by atoms with Gasteiger partial charge < -0.3 is 10.6 Å². The molecule has 1 aliphatic carbocycles. The van der Waals surface area contributed by atoms with Gasteiger partial charge in [-0.1, -0.05) is 19.3 Å². The predicted molar refractivity (Wildman–Crippen MR) is 79.4 cm³/mol. The van der Waals surface area contributed by atoms with Crippen molar-refractivity contribution >= 4 is 11.9 Å². The summed E-state index contributed by atoms with van der Waals surface area (Å²) in [6.45, 7) is 3.64. The summed E-state index contributed by atoms with van der Waals surface area (Å²) in [5, 5.41) is 10.4. The van der Waals surface area contributed by atoms with E-state index in [1.165, 1.54) is 36.7 Å². The fourth-order valence-electron chi connectivity index (χ4n) is 2.26. The van der Waals surface area contributed by atoms with Crippen molar-refractivity contribution in [2.75, 3.05) is 23.7 Å². The summed E-state index contributed by atoms with van der Waals surface area (Å²) in [7, 11) is 0. The minimum absolute atomic E-state index is 0.463. The number of anilines is 2. The van der Waals surface area contributed by atoms with Crippen molar-refractivity contribution in [1.82, 2.24) is 29.7 Å². The Labute approximate surface area is 123 Å². The molecule has 8 heteroatoms. The highest BCUT2D eigenvalue weighted by molar-refractivity contribution is 5.37. The van der Waals surface area contributed by atoms with Crippen LogP contribution >= 0.6 is 0 Å². The molecule has 8 nitrogen and oxygen atoms in total. The summed E-state index contributed by atoms with van der Waals surface area (Å²) in [5.41, 5.74) is 0. The first kappa shape index (κ1) is 13.7. The Hall–Kier alpha value is -2.25. The molecule has 0 saturated heterocycles. The van der Waals surface area contributed by atoms with Gasteiger partial charge in [0.25, 0.3) is 5.95 Å². The van der Waals surface area contributed by atoms with E-state index in [2.05, 4.69) is 35.7 Å². The lowest BCUT2D eigenvalue weighted by Gasteiger charge is -2.25. The Morgan fingerprint density at radius 3 is 2.62 bits per heavy atom. The van der Waals surface area contributed by atoms with Crippen LogP contribution in [0.2, 0.25) is 0 Å². The van der Waals surface area contributed by atoms with Crippen LogP contribution in [-0.4, -0.2) is 42.8 Å². The van der Waals surface area contributed by atoms with E-state index in [0.717, 1.165) is 19.0 Å². The standard InChI is InChI=1S/C13H20N8/c1-2-15-11-18-12(16-7-6-10-4-3-5-10)20-13(19-11)21-9-14-8-17-21/h8-10H,2-7H2,1H3,(H2,15,16,18,19,20). The Morgan fingerprint density at radius 1 is 1.19 bits per heavy atom. The van der Waals surface area contributed by atoms with Crippen molar-refractivity contribution in [3.63, 3.8) is 0 Å². The van der Waals surface area contributed by atoms with Crippen LogP contribution in [0.4, 0.5) is 11.9 Å². The Kier molecular flexibility index (Phi) is 4.23. The highest BCUT2D eigenvalue weighted by Gasteiger charge is 2.16. The molecule has 2 heterocycles. The second-order valence-corrected chi connectivity index (χ2v) is 5.17. The third kappa shape index (κ3) is 3.45. The summed E-state index contributed by atoms with van der Waals surface area (Å²) < 4.78 is 1.53. The Balaban J connectivity index is 1.71. The second-order valence-electron chi connectivity index (χ2n) is 5.17. The molecule has 0 bridgehead atoms. The third-order valence-electron chi connectivity index (χ3n) is 3.64. The van der Waals surface area contributed by atoms with Crippen molar-refractivity contribution in [2.24, 2.45) is 5.92 Å². The SMILES string of the molecule is CCNc1nc(NCCC2CCC2)nc(-n2cncn2)n1. The number of nitrogens with one attached hydrogen (secondary N) is 2. The van der Waals surface area contributed by atoms with E-state index in [9.17, 15) is 0 Å². The molecule has 1 fully saturated rings. The van der Waals surface area contributed by atoms with Crippen LogP contribution in [0.3, 0.4) is 0 Å². The maximum atomic E-state index is 4.39. The van der Waals surface area contributed by atoms with Gasteiger partial charge >= 0.3 is 0 Å². The normalized spacial score (nSPS) is 14.7. The summed E-state index contributed by atoms with van der Waals surface area (Å²) in [6.07, 6.45) is 8.28. The molecule has 0 aromatic carbocycles. The molecule has 3 rings (SSSR count). The average molecular weight is 288 g/mol. The highest BCUT2D eigenvalue weighted by Crippen LogP contribution is 2.29. The van der Waals surface area contributed by atoms with Gasteiger partial charge in [-0.2, -0.15) is 24.7 Å². The van der Waals surface area contributed by atoms with Crippen LogP contribution in [0.25, 0.3) is 5.95 Å². The van der Waals surface area contributed by atoms with Crippen LogP contribution in [0, 0.1) is 5.92 Å². The van der Waals surface area contributed by atoms with Gasteiger partial charge in [0.1, 0.15) is 12.7 Å². The van der Waals surface area contributed by atoms with Gasteiger partial charge in [-0.05, 0) is 19.3 Å². The first-order chi connectivity index (χ1) is 10.3. The van der Waals surface area contributed by atoms with E-state index < -0.39 is 0 Å². The van der Waals surface area contributed by atoms with E-state index in [1.54, 1.807) is 6.33 Å². The Morgan fingerprint density at radius 2 is 2.00 bits per heavy atom. The molecule has 0 spiro atoms. The number of nitrogens with zero attached hydrogens (tertiary/aromatic N) is 6. The average Bonchev–Trinajstić information content (AvgIpc) is 2.96. The van der Waals surface area contributed by atoms with Gasteiger partial charge in [-0.25, -0.2) is 4.98 Å². The minimum atomic E-state index is 0.463. The lowest BCUT2D eigenvalue weighted by atomic mass is 9.83. The monoisotopic (exact) mass is 288 g/mol. The molecule has 0 amide bonds. The van der Waals surface area contributed by atoms with Gasteiger partial charge in [0, 0.05) is 13.1 Å². The quantitative estimate of drug-likeness (QED) is 0.797. The largest absolute Gasteiger partial charge is 0.354 e. The molecule has 2 aromatic heterocycles. The molecule has 112 valence electrons. The summed E-state index contributed by atoms with van der Waals surface area (Å²) in [5.74, 6) is 2.45. The number of hydrogen-bond acceptors (Lipinski definition) is 7. The lowest BCUT2D eigenvalue weighted by molar-refractivity contribution is 0.303. The highest BCUT2D eigenvalue weighted by atomic mass is 15.4. The molecule has 1 aliphatic rings. The molecule has 2 aromatic rings. The van der Waals surface area contributed by atoms with Gasteiger partial charge in [0.2, 0.25) is 11.9 Å². The van der Waals surface area contributed by atoms with E-state index in [4.69, 9.17) is 0 Å². The fraction of sp³-hybridized carbons (Fsp3) is 0.615. The smallest absolute Gasteiger partial charge is 0.258 e. The second kappa shape index (κ2) is 6.47. The van der Waals surface area contributed by atoms with Gasteiger partial charge in [-0.15, -0.1) is 0 Å². The zero-order valence-corrected chi connectivity index (χ0v) is 12.2. The molecule has 0 unspecified atom stereocenters. The van der Waals surface area contributed by atoms with Crippen molar-refractivity contribution in [1.29, 1.82) is 0 Å². The van der Waals surface area contributed by atoms with E-state index in [1.807, 2.05) is 6.92 Å². The minimum Gasteiger partial charge on any atom is -0.354 e. The van der Waals surface area contributed by atoms with Crippen LogP contribution in [-0.2, 0) is 0 Å². The summed E-state index contributed by atoms with van der Waals surface area (Å²) in [4.78, 5) is 17.0. The molecular formula is C13H20N8. The predicted octanol–water partition coefficient (Wildman–Crippen LogP) is 1.49. The van der Waals surface area contributed by atoms with Gasteiger partial charge in [0.05, 0.1) is 0 Å². The molecular weight excluding hydrogens is 268 g/mol. The van der Waals surface area contributed by atoms with E-state index in [0.29, 0.717) is 17.8 Å². The van der Waals surface area contributed by atoms with Crippen LogP contribution in [0.15, 0.2) is 12.7 Å². The molecule has 21 heavy (non-hydrogen) atoms. The van der Waals surface area contributed by atoms with E-state index in [-0.39, 0.29) is 0 Å². The molecule has 0 atom stereocenters. The number of rotatable bonds is 7. The van der Waals surface area contributed by atoms with Crippen LogP contribution in [0.5, 0.6) is 0 Å². The fourth-order valence-corrected chi connectivity index (χ4v) is 2.26. The molecule has 0 aliphatic heterocycles. The van der Waals surface area contributed by atoms with Gasteiger partial charge in [-0.3, -0.25) is 0 Å². The van der Waals surface area contributed by atoms with Crippen molar-refractivity contribution in [3.05, 3.63) is 12.7 Å². The van der Waals surface area contributed by atoms with Crippen molar-refractivity contribution in [2.45, 2.75) is 32.6 Å². The van der Waals surface area contributed by atoms with Crippen LogP contribution in [0.1, 0.15) is 32.6 Å². The zero-order valence-electron chi connectivity index (χ0n) is 12.2. The topological polar surface area (TPSA) is 93.4 Å². The summed E-state index contributed by atoms with van der Waals surface area (Å²) in [6, 6.07) is 0. The lowest BCUT2D eigenvalue weighted by Crippen LogP contribution is -2.18. The van der Waals surface area contributed by atoms with Gasteiger partial charge in [0.15, 0.2) is 0 Å². The van der Waals surface area contributed by atoms with Crippen molar-refractivity contribution in [3.8, 4) is 5.95 Å². The first-order valence-electron chi connectivity index (χ1n) is 7.44.